The van der Waals surface area contributed by atoms with E-state index in [9.17, 15) is 0 Å². The molecule has 2 aromatic carbocycles. The number of hydrogen-bond acceptors (Lipinski definition) is 1. The van der Waals surface area contributed by atoms with Crippen LogP contribution in [0.5, 0.6) is 11.5 Å². The topological polar surface area (TPSA) is 9.23 Å². The maximum atomic E-state index is 5.71. The minimum atomic E-state index is 0.877. The maximum absolute atomic E-state index is 5.71. The Morgan fingerprint density at radius 3 is 1.94 bits per heavy atom. The van der Waals surface area contributed by atoms with E-state index in [0.717, 1.165) is 17.1 Å². The molecule has 0 unspecified atom stereocenters. The first-order valence-electron chi connectivity index (χ1n) is 6.06. The molecule has 0 saturated heterocycles. The van der Waals surface area contributed by atoms with Gasteiger partial charge in [0, 0.05) is 0 Å². The molecule has 1 heteroatoms. The lowest BCUT2D eigenvalue weighted by atomic mass is 10.2. The van der Waals surface area contributed by atoms with Crippen molar-refractivity contribution in [2.24, 2.45) is 0 Å². The van der Waals surface area contributed by atoms with Gasteiger partial charge >= 0.3 is 0 Å². The van der Waals surface area contributed by atoms with Gasteiger partial charge in [0.05, 0.1) is 0 Å². The molecule has 0 fully saturated rings. The predicted molar refractivity (Wildman–Crippen MR) is 73.7 cm³/mol. The van der Waals surface area contributed by atoms with Crippen molar-refractivity contribution in [2.75, 3.05) is 0 Å². The summed E-state index contributed by atoms with van der Waals surface area (Å²) in [6, 6.07) is 17.8. The lowest BCUT2D eigenvalue weighted by Gasteiger charge is -2.07. The van der Waals surface area contributed by atoms with Crippen molar-refractivity contribution in [2.45, 2.75) is 27.2 Å². The quantitative estimate of drug-likeness (QED) is 0.686. The Morgan fingerprint density at radius 2 is 1.35 bits per heavy atom. The molecule has 2 rings (SSSR count). The first-order chi connectivity index (χ1) is 8.27. The van der Waals surface area contributed by atoms with E-state index in [0.29, 0.717) is 0 Å². The van der Waals surface area contributed by atoms with Gasteiger partial charge < -0.3 is 4.74 Å². The van der Waals surface area contributed by atoms with Crippen LogP contribution in [0.1, 0.15) is 25.8 Å². The fourth-order valence-electron chi connectivity index (χ4n) is 1.29. The highest BCUT2D eigenvalue weighted by Crippen LogP contribution is 2.23. The SMILES string of the molecule is CCC.Cc1ccccc1Oc1ccccc1. The van der Waals surface area contributed by atoms with Gasteiger partial charge in [0.15, 0.2) is 0 Å². The number of benzene rings is 2. The summed E-state index contributed by atoms with van der Waals surface area (Å²) in [5, 5.41) is 0. The van der Waals surface area contributed by atoms with E-state index >= 15 is 0 Å². The van der Waals surface area contributed by atoms with Crippen LogP contribution >= 0.6 is 0 Å². The average molecular weight is 228 g/mol. The van der Waals surface area contributed by atoms with Crippen molar-refractivity contribution in [3.63, 3.8) is 0 Å². The summed E-state index contributed by atoms with van der Waals surface area (Å²) in [7, 11) is 0. The van der Waals surface area contributed by atoms with Crippen LogP contribution in [0.25, 0.3) is 0 Å². The number of ether oxygens (including phenoxy) is 1. The number of aryl methyl sites for hydroxylation is 1. The van der Waals surface area contributed by atoms with Crippen molar-refractivity contribution in [3.8, 4) is 11.5 Å². The standard InChI is InChI=1S/C13H12O.C3H8/c1-11-7-5-6-10-13(11)14-12-8-3-2-4-9-12;1-3-2/h2-10H,1H3;3H2,1-2H3. The van der Waals surface area contributed by atoms with Crippen LogP contribution in [0, 0.1) is 6.92 Å². The second kappa shape index (κ2) is 7.50. The summed E-state index contributed by atoms with van der Waals surface area (Å²) in [5.74, 6) is 1.79. The molecule has 90 valence electrons. The van der Waals surface area contributed by atoms with Crippen molar-refractivity contribution in [1.29, 1.82) is 0 Å². The molecule has 0 aliphatic rings. The van der Waals surface area contributed by atoms with Crippen LogP contribution in [0.15, 0.2) is 54.6 Å². The summed E-state index contributed by atoms with van der Waals surface area (Å²) in [6.45, 7) is 6.29. The number of para-hydroxylation sites is 2. The summed E-state index contributed by atoms with van der Waals surface area (Å²) < 4.78 is 5.71. The van der Waals surface area contributed by atoms with E-state index in [1.54, 1.807) is 0 Å². The van der Waals surface area contributed by atoms with E-state index in [1.807, 2.05) is 61.5 Å². The molecule has 0 atom stereocenters. The Kier molecular flexibility index (Phi) is 5.87. The van der Waals surface area contributed by atoms with Gasteiger partial charge in [-0.15, -0.1) is 0 Å². The van der Waals surface area contributed by atoms with Crippen LogP contribution in [0.2, 0.25) is 0 Å². The van der Waals surface area contributed by atoms with Crippen LogP contribution < -0.4 is 4.74 Å². The Morgan fingerprint density at radius 1 is 0.824 bits per heavy atom. The predicted octanol–water partition coefficient (Wildman–Crippen LogP) is 5.20. The van der Waals surface area contributed by atoms with Crippen molar-refractivity contribution in [3.05, 3.63) is 60.2 Å². The minimum Gasteiger partial charge on any atom is -0.457 e. The van der Waals surface area contributed by atoms with E-state index in [-0.39, 0.29) is 0 Å². The fraction of sp³-hybridized carbons (Fsp3) is 0.250. The maximum Gasteiger partial charge on any atom is 0.130 e. The van der Waals surface area contributed by atoms with Crippen molar-refractivity contribution in [1.82, 2.24) is 0 Å². The zero-order valence-electron chi connectivity index (χ0n) is 10.8. The monoisotopic (exact) mass is 228 g/mol. The summed E-state index contributed by atoms with van der Waals surface area (Å²) in [4.78, 5) is 0. The van der Waals surface area contributed by atoms with Crippen LogP contribution in [0.3, 0.4) is 0 Å². The molecule has 17 heavy (non-hydrogen) atoms. The Balaban J connectivity index is 0.000000437. The van der Waals surface area contributed by atoms with Gasteiger partial charge in [-0.1, -0.05) is 56.7 Å². The highest BCUT2D eigenvalue weighted by Gasteiger charge is 1.98. The van der Waals surface area contributed by atoms with Gasteiger partial charge in [0.25, 0.3) is 0 Å². The first kappa shape index (κ1) is 13.3. The second-order valence-corrected chi connectivity index (χ2v) is 3.89. The molecule has 2 aromatic rings. The van der Waals surface area contributed by atoms with Gasteiger partial charge in [-0.3, -0.25) is 0 Å². The van der Waals surface area contributed by atoms with E-state index in [4.69, 9.17) is 4.74 Å². The third kappa shape index (κ3) is 4.73. The number of hydrogen-bond donors (Lipinski definition) is 0. The summed E-state index contributed by atoms with van der Waals surface area (Å²) in [5.41, 5.74) is 1.15. The first-order valence-corrected chi connectivity index (χ1v) is 6.06. The lowest BCUT2D eigenvalue weighted by Crippen LogP contribution is -1.85. The molecule has 0 aliphatic carbocycles. The zero-order valence-corrected chi connectivity index (χ0v) is 10.8. The molecule has 0 saturated carbocycles. The largest absolute Gasteiger partial charge is 0.457 e. The molecule has 0 heterocycles. The van der Waals surface area contributed by atoms with Gasteiger partial charge in [0.2, 0.25) is 0 Å². The minimum absolute atomic E-state index is 0.877. The molecule has 1 nitrogen and oxygen atoms in total. The molecule has 0 spiro atoms. The third-order valence-electron chi connectivity index (χ3n) is 2.06. The number of rotatable bonds is 2. The summed E-state index contributed by atoms with van der Waals surface area (Å²) >= 11 is 0. The molecule has 0 radical (unpaired) electrons. The fourth-order valence-corrected chi connectivity index (χ4v) is 1.29. The Labute approximate surface area is 104 Å². The van der Waals surface area contributed by atoms with Crippen LogP contribution in [0.4, 0.5) is 0 Å². The second-order valence-electron chi connectivity index (χ2n) is 3.89. The van der Waals surface area contributed by atoms with Crippen LogP contribution in [-0.2, 0) is 0 Å². The van der Waals surface area contributed by atoms with Gasteiger partial charge in [-0.05, 0) is 30.7 Å². The van der Waals surface area contributed by atoms with E-state index in [1.165, 1.54) is 6.42 Å². The van der Waals surface area contributed by atoms with Crippen molar-refractivity contribution >= 4 is 0 Å². The van der Waals surface area contributed by atoms with Gasteiger partial charge in [-0.25, -0.2) is 0 Å². The molecule has 0 aromatic heterocycles. The Bertz CT molecular complexity index is 421. The summed E-state index contributed by atoms with van der Waals surface area (Å²) in [6.07, 6.45) is 1.25. The normalized spacial score (nSPS) is 9.12. The zero-order chi connectivity index (χ0) is 12.5. The smallest absolute Gasteiger partial charge is 0.130 e. The molecular weight excluding hydrogens is 208 g/mol. The lowest BCUT2D eigenvalue weighted by molar-refractivity contribution is 0.479. The highest BCUT2D eigenvalue weighted by atomic mass is 16.5. The third-order valence-corrected chi connectivity index (χ3v) is 2.06. The van der Waals surface area contributed by atoms with E-state index < -0.39 is 0 Å². The average Bonchev–Trinajstić information content (AvgIpc) is 2.35. The molecular formula is C16H20O. The van der Waals surface area contributed by atoms with Gasteiger partial charge in [-0.2, -0.15) is 0 Å². The molecule has 0 amide bonds. The van der Waals surface area contributed by atoms with Crippen LogP contribution in [-0.4, -0.2) is 0 Å². The molecule has 0 N–H and O–H groups in total. The van der Waals surface area contributed by atoms with Gasteiger partial charge in [0.1, 0.15) is 11.5 Å². The molecule has 0 aliphatic heterocycles. The molecule has 0 bridgehead atoms. The van der Waals surface area contributed by atoms with E-state index in [2.05, 4.69) is 13.8 Å². The van der Waals surface area contributed by atoms with Crippen molar-refractivity contribution < 1.29 is 4.74 Å². The highest BCUT2D eigenvalue weighted by molar-refractivity contribution is 5.36. The Hall–Kier alpha value is -1.76.